The van der Waals surface area contributed by atoms with E-state index in [1.807, 2.05) is 0 Å². The van der Waals surface area contributed by atoms with Crippen LogP contribution in [0.3, 0.4) is 0 Å². The normalized spacial score (nSPS) is 14.0. The second-order valence-corrected chi connectivity index (χ2v) is 4.85. The fourth-order valence-electron chi connectivity index (χ4n) is 1.01. The maximum atomic E-state index is 12.9. The van der Waals surface area contributed by atoms with Crippen LogP contribution >= 0.6 is 0 Å². The average molecular weight is 306 g/mol. The Balaban J connectivity index is 4.11. The summed E-state index contributed by atoms with van der Waals surface area (Å²) in [4.78, 5) is 10.9. The van der Waals surface area contributed by atoms with Crippen LogP contribution in [-0.2, 0) is 20.6 Å². The Morgan fingerprint density at radius 3 is 2.26 bits per heavy atom. The number of rotatable bonds is 8. The molecule has 0 spiro atoms. The van der Waals surface area contributed by atoms with E-state index in [1.165, 1.54) is 6.92 Å². The van der Waals surface area contributed by atoms with E-state index in [4.69, 9.17) is 4.55 Å². The average Bonchev–Trinajstić information content (AvgIpc) is 2.27. The van der Waals surface area contributed by atoms with E-state index >= 15 is 0 Å². The van der Waals surface area contributed by atoms with Gasteiger partial charge >= 0.3 is 17.1 Å². The summed E-state index contributed by atoms with van der Waals surface area (Å²) in [5.74, 6) is -5.29. The first-order valence-corrected chi connectivity index (χ1v) is 6.32. The lowest BCUT2D eigenvalue weighted by Crippen LogP contribution is -2.43. The van der Waals surface area contributed by atoms with Crippen molar-refractivity contribution in [1.82, 2.24) is 0 Å². The number of esters is 1. The molecular weight excluding hydrogens is 292 g/mol. The van der Waals surface area contributed by atoms with Crippen molar-refractivity contribution < 1.29 is 35.9 Å². The Hall–Kier alpha value is -0.960. The number of unbranched alkanes of at least 4 members (excludes halogenated alkanes) is 1. The molecule has 0 heterocycles. The maximum Gasteiger partial charge on any atom is 0.406 e. The molecule has 1 unspecified atom stereocenters. The van der Waals surface area contributed by atoms with E-state index in [0.717, 1.165) is 0 Å². The summed E-state index contributed by atoms with van der Waals surface area (Å²) in [5, 5.41) is -5.00. The predicted molar refractivity (Wildman–Crippen MR) is 60.3 cm³/mol. The van der Waals surface area contributed by atoms with Crippen LogP contribution in [0.15, 0.2) is 12.2 Å². The van der Waals surface area contributed by atoms with Crippen LogP contribution < -0.4 is 0 Å². The number of carbonyl (C=O) groups excluding carboxylic acids is 1. The van der Waals surface area contributed by atoms with E-state index < -0.39 is 34.6 Å². The first-order valence-electron chi connectivity index (χ1n) is 5.21. The first-order chi connectivity index (χ1) is 8.52. The Morgan fingerprint density at radius 2 is 1.84 bits per heavy atom. The molecular formula is C10H14F4O4S. The minimum atomic E-state index is -5.00. The van der Waals surface area contributed by atoms with E-state index in [1.54, 1.807) is 0 Å². The Labute approximate surface area is 110 Å². The summed E-state index contributed by atoms with van der Waals surface area (Å²) < 4.78 is 74.0. The highest BCUT2D eigenvalue weighted by atomic mass is 32.2. The molecule has 0 fully saturated rings. The van der Waals surface area contributed by atoms with Crippen molar-refractivity contribution in [1.29, 1.82) is 0 Å². The molecule has 0 aromatic rings. The molecule has 19 heavy (non-hydrogen) atoms. The largest absolute Gasteiger partial charge is 0.462 e. The molecule has 0 saturated heterocycles. The van der Waals surface area contributed by atoms with Crippen molar-refractivity contribution >= 4 is 17.0 Å². The monoisotopic (exact) mass is 306 g/mol. The zero-order valence-electron chi connectivity index (χ0n) is 10.1. The molecule has 0 bridgehead atoms. The highest BCUT2D eigenvalue weighted by molar-refractivity contribution is 7.80. The van der Waals surface area contributed by atoms with Gasteiger partial charge in [-0.2, -0.15) is 17.6 Å². The van der Waals surface area contributed by atoms with Crippen molar-refractivity contribution in [2.45, 2.75) is 37.4 Å². The standard InChI is InChI=1S/C10H14F4O4S/c1-7(2)8(15)18-6-4-3-5-9(11,12)10(13,14)19(16)17/h1,3-6H2,2H3,(H,16,17). The molecule has 1 atom stereocenters. The van der Waals surface area contributed by atoms with Gasteiger partial charge in [0, 0.05) is 12.0 Å². The third-order valence-electron chi connectivity index (χ3n) is 2.11. The summed E-state index contributed by atoms with van der Waals surface area (Å²) in [6.07, 6.45) is -1.73. The van der Waals surface area contributed by atoms with E-state index in [0.29, 0.717) is 0 Å². The molecule has 0 saturated carbocycles. The molecule has 0 aliphatic carbocycles. The number of ether oxygens (including phenoxy) is 1. The fourth-order valence-corrected chi connectivity index (χ4v) is 1.37. The highest BCUT2D eigenvalue weighted by Gasteiger charge is 2.60. The Morgan fingerprint density at radius 1 is 1.32 bits per heavy atom. The fraction of sp³-hybridized carbons (Fsp3) is 0.700. The zero-order chi connectivity index (χ0) is 15.3. The quantitative estimate of drug-likeness (QED) is 0.246. The molecule has 0 aliphatic rings. The SMILES string of the molecule is C=C(C)C(=O)OCCCCC(F)(F)C(F)(F)S(=O)O. The third kappa shape index (κ3) is 5.27. The van der Waals surface area contributed by atoms with Gasteiger partial charge < -0.3 is 9.29 Å². The minimum absolute atomic E-state index is 0.0667. The van der Waals surface area contributed by atoms with Crippen LogP contribution in [0.5, 0.6) is 0 Å². The second-order valence-electron chi connectivity index (χ2n) is 3.84. The molecule has 0 aromatic carbocycles. The van der Waals surface area contributed by atoms with Gasteiger partial charge in [-0.25, -0.2) is 9.00 Å². The van der Waals surface area contributed by atoms with Crippen molar-refractivity contribution in [2.24, 2.45) is 0 Å². The molecule has 0 radical (unpaired) electrons. The maximum absolute atomic E-state index is 12.9. The van der Waals surface area contributed by atoms with Gasteiger partial charge in [-0.15, -0.1) is 0 Å². The molecule has 0 rings (SSSR count). The van der Waals surface area contributed by atoms with E-state index in [-0.39, 0.29) is 25.0 Å². The van der Waals surface area contributed by atoms with Gasteiger partial charge in [0.05, 0.1) is 6.61 Å². The van der Waals surface area contributed by atoms with Gasteiger partial charge in [0.2, 0.25) is 11.1 Å². The van der Waals surface area contributed by atoms with Crippen LogP contribution in [0.1, 0.15) is 26.2 Å². The molecule has 0 aromatic heterocycles. The van der Waals surface area contributed by atoms with E-state index in [9.17, 15) is 26.6 Å². The lowest BCUT2D eigenvalue weighted by molar-refractivity contribution is -0.162. The molecule has 1 N–H and O–H groups in total. The van der Waals surface area contributed by atoms with Crippen LogP contribution in [0.2, 0.25) is 0 Å². The van der Waals surface area contributed by atoms with E-state index in [2.05, 4.69) is 11.3 Å². The number of alkyl halides is 4. The van der Waals surface area contributed by atoms with Gasteiger partial charge in [-0.05, 0) is 19.8 Å². The smallest absolute Gasteiger partial charge is 0.406 e. The summed E-state index contributed by atoms with van der Waals surface area (Å²) in [5.41, 5.74) is 0.132. The number of halogens is 4. The van der Waals surface area contributed by atoms with Crippen LogP contribution in [0, 0.1) is 0 Å². The Kier molecular flexibility index (Phi) is 6.64. The van der Waals surface area contributed by atoms with Gasteiger partial charge in [-0.3, -0.25) is 0 Å². The molecule has 0 amide bonds. The van der Waals surface area contributed by atoms with Crippen LogP contribution in [0.4, 0.5) is 17.6 Å². The predicted octanol–water partition coefficient (Wildman–Crippen LogP) is 2.73. The number of carbonyl (C=O) groups is 1. The minimum Gasteiger partial charge on any atom is -0.462 e. The summed E-state index contributed by atoms with van der Waals surface area (Å²) in [7, 11) is 0. The van der Waals surface area contributed by atoms with Crippen LogP contribution in [0.25, 0.3) is 0 Å². The second kappa shape index (κ2) is 6.99. The third-order valence-corrected chi connectivity index (χ3v) is 2.85. The van der Waals surface area contributed by atoms with Gasteiger partial charge in [0.25, 0.3) is 0 Å². The summed E-state index contributed by atoms with van der Waals surface area (Å²) >= 11 is -3.95. The van der Waals surface area contributed by atoms with Gasteiger partial charge in [-0.1, -0.05) is 6.58 Å². The molecule has 4 nitrogen and oxygen atoms in total. The molecule has 9 heteroatoms. The molecule has 112 valence electrons. The lowest BCUT2D eigenvalue weighted by Gasteiger charge is -2.23. The van der Waals surface area contributed by atoms with Crippen molar-refractivity contribution in [3.05, 3.63) is 12.2 Å². The van der Waals surface area contributed by atoms with Gasteiger partial charge in [0.15, 0.2) is 0 Å². The topological polar surface area (TPSA) is 63.6 Å². The summed E-state index contributed by atoms with van der Waals surface area (Å²) in [6.45, 7) is 4.47. The lowest BCUT2D eigenvalue weighted by atomic mass is 10.1. The van der Waals surface area contributed by atoms with Crippen molar-refractivity contribution in [3.63, 3.8) is 0 Å². The molecule has 0 aliphatic heterocycles. The van der Waals surface area contributed by atoms with Crippen molar-refractivity contribution in [2.75, 3.05) is 6.61 Å². The summed E-state index contributed by atoms with van der Waals surface area (Å²) in [6, 6.07) is 0. The van der Waals surface area contributed by atoms with Crippen molar-refractivity contribution in [3.8, 4) is 0 Å². The van der Waals surface area contributed by atoms with Crippen LogP contribution in [-0.4, -0.2) is 32.5 Å². The number of hydrogen-bond donors (Lipinski definition) is 1. The zero-order valence-corrected chi connectivity index (χ0v) is 10.9. The highest BCUT2D eigenvalue weighted by Crippen LogP contribution is 2.39. The Bertz CT molecular complexity index is 371. The first kappa shape index (κ1) is 18.0. The number of hydrogen-bond acceptors (Lipinski definition) is 3. The van der Waals surface area contributed by atoms with Gasteiger partial charge in [0.1, 0.15) is 0 Å².